The van der Waals surface area contributed by atoms with Crippen LogP contribution in [0.4, 0.5) is 10.1 Å². The molecule has 1 unspecified atom stereocenters. The van der Waals surface area contributed by atoms with Crippen LogP contribution in [0.3, 0.4) is 0 Å². The van der Waals surface area contributed by atoms with Crippen LogP contribution in [0, 0.1) is 43.9 Å². The number of nitrogens with zero attached hydrogens (tertiary/aromatic N) is 4. The molecule has 0 spiro atoms. The molecule has 1 aromatic carbocycles. The quantitative estimate of drug-likeness (QED) is 0.355. The van der Waals surface area contributed by atoms with Gasteiger partial charge >= 0.3 is 0 Å². The summed E-state index contributed by atoms with van der Waals surface area (Å²) in [6, 6.07) is 7.21. The minimum absolute atomic E-state index is 0. The number of ether oxygens (including phenoxy) is 1. The summed E-state index contributed by atoms with van der Waals surface area (Å²) in [5.74, 6) is 0.308. The Hall–Kier alpha value is -2.08. The second kappa shape index (κ2) is 10.5. The molecule has 1 saturated carbocycles. The number of aliphatic hydroxyl groups excluding tert-OH is 1. The second-order valence-corrected chi connectivity index (χ2v) is 8.22. The summed E-state index contributed by atoms with van der Waals surface area (Å²) in [7, 11) is 0. The number of anilines is 1. The van der Waals surface area contributed by atoms with Crippen LogP contribution in [0.5, 0.6) is 5.88 Å². The average Bonchev–Trinajstić information content (AvgIpc) is 3.40. The SMILES string of the molecule is Fc1cc2cc(c1)-c1cnn3ccc(nc13)OCC1CCC(=C3CC3)N1CCN2.[CH2-]CO.[U]. The fourth-order valence-corrected chi connectivity index (χ4v) is 4.53. The van der Waals surface area contributed by atoms with Crippen molar-refractivity contribution in [3.05, 3.63) is 60.7 Å². The molecule has 2 fully saturated rings. The number of aromatic nitrogens is 3. The minimum Gasteiger partial charge on any atom is -0.475 e. The Bertz CT molecular complexity index is 1160. The molecule has 33 heavy (non-hydrogen) atoms. The van der Waals surface area contributed by atoms with E-state index < -0.39 is 0 Å². The Kier molecular flexibility index (Phi) is 7.62. The van der Waals surface area contributed by atoms with Crippen molar-refractivity contribution in [2.45, 2.75) is 31.7 Å². The van der Waals surface area contributed by atoms with Crippen LogP contribution < -0.4 is 10.1 Å². The van der Waals surface area contributed by atoms with Crippen LogP contribution in [0.15, 0.2) is 47.9 Å². The molecule has 0 amide bonds. The largest absolute Gasteiger partial charge is 0.475 e. The molecule has 3 aliphatic rings. The van der Waals surface area contributed by atoms with E-state index in [4.69, 9.17) is 9.84 Å². The zero-order chi connectivity index (χ0) is 22.1. The summed E-state index contributed by atoms with van der Waals surface area (Å²) in [4.78, 5) is 7.16. The van der Waals surface area contributed by atoms with Crippen LogP contribution >= 0.6 is 0 Å². The van der Waals surface area contributed by atoms with Gasteiger partial charge in [0.05, 0.1) is 12.2 Å². The Labute approximate surface area is 216 Å². The van der Waals surface area contributed by atoms with Gasteiger partial charge in [-0.25, -0.2) is 8.91 Å². The third kappa shape index (κ3) is 5.21. The number of benzene rings is 1. The summed E-state index contributed by atoms with van der Waals surface area (Å²) in [5, 5.41) is 15.2. The van der Waals surface area contributed by atoms with Gasteiger partial charge in [-0.2, -0.15) is 10.1 Å². The summed E-state index contributed by atoms with van der Waals surface area (Å²) in [6.07, 6.45) is 8.24. The van der Waals surface area contributed by atoms with E-state index in [1.54, 1.807) is 22.4 Å². The smallest absolute Gasteiger partial charge is 0.216 e. The van der Waals surface area contributed by atoms with Gasteiger partial charge in [-0.3, -0.25) is 0 Å². The van der Waals surface area contributed by atoms with Crippen LogP contribution in [-0.4, -0.2) is 56.9 Å². The maximum absolute atomic E-state index is 14.3. The summed E-state index contributed by atoms with van der Waals surface area (Å²) in [6.45, 7) is 5.29. The molecule has 2 aromatic heterocycles. The number of aliphatic hydroxyl groups is 1. The number of nitrogens with one attached hydrogen (secondary N) is 1. The van der Waals surface area contributed by atoms with Gasteiger partial charge in [-0.05, 0) is 49.4 Å². The van der Waals surface area contributed by atoms with Gasteiger partial charge in [0.25, 0.3) is 0 Å². The molecular formula is C24H27FN5O2U-. The Morgan fingerprint density at radius 1 is 1.24 bits per heavy atom. The first-order valence-electron chi connectivity index (χ1n) is 11.1. The topological polar surface area (TPSA) is 74.9 Å². The molecule has 0 radical (unpaired) electrons. The van der Waals surface area contributed by atoms with Gasteiger partial charge in [0.1, 0.15) is 12.4 Å². The standard InChI is InChI=1S/C22H22FN5O.C2H5O.U/c23-16-9-15-10-17(11-16)24-6-8-27-18(3-4-20(27)14-1-2-14)13-29-21-5-7-28-22(26-21)19(15)12-25-28;1-2-3;/h5,7,9-12,18,24H,1-4,6,8,13H2;3H,1-2H2;/q;-1;. The molecule has 1 saturated heterocycles. The second-order valence-electron chi connectivity index (χ2n) is 8.22. The molecule has 2 N–H and O–H groups in total. The molecular weight excluding hydrogens is 647 g/mol. The van der Waals surface area contributed by atoms with E-state index in [0.717, 1.165) is 42.7 Å². The van der Waals surface area contributed by atoms with Gasteiger partial charge < -0.3 is 27.0 Å². The molecule has 3 aromatic rings. The number of allylic oxidation sites excluding steroid dienone is 2. The molecule has 2 aliphatic heterocycles. The Balaban J connectivity index is 0.000000617. The van der Waals surface area contributed by atoms with Crippen LogP contribution in [-0.2, 0) is 0 Å². The van der Waals surface area contributed by atoms with Crippen molar-refractivity contribution < 1.29 is 45.3 Å². The Morgan fingerprint density at radius 3 is 2.85 bits per heavy atom. The average molecular weight is 675 g/mol. The number of fused-ring (bicyclic) bond motifs is 5. The van der Waals surface area contributed by atoms with E-state index >= 15 is 0 Å². The van der Waals surface area contributed by atoms with Crippen molar-refractivity contribution in [2.24, 2.45) is 0 Å². The number of rotatable bonds is 0. The molecule has 7 nitrogen and oxygen atoms in total. The van der Waals surface area contributed by atoms with E-state index in [0.29, 0.717) is 24.2 Å². The fraction of sp³-hybridized carbons (Fsp3) is 0.375. The van der Waals surface area contributed by atoms with Crippen molar-refractivity contribution in [1.82, 2.24) is 19.5 Å². The Morgan fingerprint density at radius 2 is 2.06 bits per heavy atom. The van der Waals surface area contributed by atoms with Crippen LogP contribution in [0.1, 0.15) is 25.7 Å². The van der Waals surface area contributed by atoms with E-state index in [1.165, 1.54) is 24.6 Å². The van der Waals surface area contributed by atoms with Crippen molar-refractivity contribution in [3.63, 3.8) is 0 Å². The zero-order valence-corrected chi connectivity index (χ0v) is 22.6. The molecule has 1 atom stereocenters. The monoisotopic (exact) mass is 674 g/mol. The molecule has 6 rings (SSSR count). The molecule has 4 heterocycles. The van der Waals surface area contributed by atoms with Gasteiger partial charge in [-0.15, -0.1) is 0 Å². The van der Waals surface area contributed by atoms with Gasteiger partial charge in [0.2, 0.25) is 5.88 Å². The molecule has 9 heteroatoms. The van der Waals surface area contributed by atoms with Crippen LogP contribution in [0.2, 0.25) is 0 Å². The summed E-state index contributed by atoms with van der Waals surface area (Å²) >= 11 is 0. The predicted molar refractivity (Wildman–Crippen MR) is 121 cm³/mol. The predicted octanol–water partition coefficient (Wildman–Crippen LogP) is 3.66. The van der Waals surface area contributed by atoms with Crippen molar-refractivity contribution in [2.75, 3.05) is 31.6 Å². The maximum Gasteiger partial charge on any atom is 0.216 e. The van der Waals surface area contributed by atoms with Gasteiger partial charge in [0, 0.05) is 73.4 Å². The van der Waals surface area contributed by atoms with E-state index in [9.17, 15) is 4.39 Å². The van der Waals surface area contributed by atoms with Crippen molar-refractivity contribution in [3.8, 4) is 17.0 Å². The van der Waals surface area contributed by atoms with E-state index in [2.05, 4.69) is 27.2 Å². The maximum atomic E-state index is 14.3. The van der Waals surface area contributed by atoms with Crippen molar-refractivity contribution in [1.29, 1.82) is 0 Å². The van der Waals surface area contributed by atoms with E-state index in [1.807, 2.05) is 18.3 Å². The third-order valence-electron chi connectivity index (χ3n) is 6.07. The van der Waals surface area contributed by atoms with Crippen molar-refractivity contribution >= 4 is 11.3 Å². The minimum atomic E-state index is -0.274. The first-order chi connectivity index (χ1) is 15.7. The molecule has 1 aliphatic carbocycles. The number of halogens is 1. The third-order valence-corrected chi connectivity index (χ3v) is 6.07. The van der Waals surface area contributed by atoms with Gasteiger partial charge in [0.15, 0.2) is 5.65 Å². The first-order valence-corrected chi connectivity index (χ1v) is 11.1. The van der Waals surface area contributed by atoms with Gasteiger partial charge in [-0.1, -0.05) is 12.2 Å². The molecule has 4 bridgehead atoms. The summed E-state index contributed by atoms with van der Waals surface area (Å²) in [5.41, 5.74) is 6.07. The fourth-order valence-electron chi connectivity index (χ4n) is 4.53. The summed E-state index contributed by atoms with van der Waals surface area (Å²) < 4.78 is 22.2. The van der Waals surface area contributed by atoms with E-state index in [-0.39, 0.29) is 43.5 Å². The normalized spacial score (nSPS) is 19.0. The zero-order valence-electron chi connectivity index (χ0n) is 18.4. The number of hydrogen-bond donors (Lipinski definition) is 2. The van der Waals surface area contributed by atoms with Crippen LogP contribution in [0.25, 0.3) is 16.8 Å². The molecule has 172 valence electrons. The number of hydrogen-bond acceptors (Lipinski definition) is 6. The first kappa shape index (κ1) is 24.1.